The van der Waals surface area contributed by atoms with Crippen LogP contribution in [0, 0.1) is 5.92 Å². The average Bonchev–Trinajstić information content (AvgIpc) is 2.42. The van der Waals surface area contributed by atoms with Crippen molar-refractivity contribution in [2.45, 2.75) is 45.1 Å². The normalized spacial score (nSPS) is 24.4. The fourth-order valence-corrected chi connectivity index (χ4v) is 2.99. The maximum absolute atomic E-state index is 10.9. The minimum Gasteiger partial charge on any atom is -0.355 e. The predicted octanol–water partition coefficient (Wildman–Crippen LogP) is 0.669. The van der Waals surface area contributed by atoms with Gasteiger partial charge in [-0.15, -0.1) is 0 Å². The molecule has 0 aromatic rings. The van der Waals surface area contributed by atoms with E-state index in [-0.39, 0.29) is 0 Å². The quantitative estimate of drug-likeness (QED) is 0.383. The van der Waals surface area contributed by atoms with Crippen molar-refractivity contribution in [1.82, 2.24) is 15.4 Å². The van der Waals surface area contributed by atoms with Gasteiger partial charge in [0.15, 0.2) is 5.96 Å². The predicted molar refractivity (Wildman–Crippen MR) is 83.4 cm³/mol. The van der Waals surface area contributed by atoms with Crippen LogP contribution in [0.4, 0.5) is 0 Å². The maximum atomic E-state index is 10.9. The van der Waals surface area contributed by atoms with E-state index in [1.807, 2.05) is 0 Å². The molecule has 1 aliphatic carbocycles. The number of hydrogen-bond donors (Lipinski definition) is 3. The molecule has 0 atom stereocenters. The van der Waals surface area contributed by atoms with Crippen molar-refractivity contribution in [2.24, 2.45) is 10.9 Å². The molecule has 118 valence electrons. The fraction of sp³-hybridized carbons (Fsp3) is 0.923. The first-order chi connectivity index (χ1) is 9.44. The van der Waals surface area contributed by atoms with Gasteiger partial charge in [-0.1, -0.05) is 13.3 Å². The van der Waals surface area contributed by atoms with Crippen LogP contribution in [0.5, 0.6) is 0 Å². The van der Waals surface area contributed by atoms with Crippen molar-refractivity contribution in [1.29, 1.82) is 0 Å². The zero-order chi connectivity index (χ0) is 15.0. The number of nitrogens with zero attached hydrogens (tertiary/aromatic N) is 1. The molecule has 0 unspecified atom stereocenters. The lowest BCUT2D eigenvalue weighted by molar-refractivity contribution is 0.304. The molecule has 1 rings (SSSR count). The van der Waals surface area contributed by atoms with Gasteiger partial charge in [0, 0.05) is 26.2 Å². The van der Waals surface area contributed by atoms with Crippen LogP contribution in [0.2, 0.25) is 0 Å². The maximum Gasteiger partial charge on any atom is 0.208 e. The summed E-state index contributed by atoms with van der Waals surface area (Å²) in [7, 11) is -1.38. The van der Waals surface area contributed by atoms with Crippen LogP contribution in [0.1, 0.15) is 39.0 Å². The second-order valence-corrected chi connectivity index (χ2v) is 7.27. The smallest absolute Gasteiger partial charge is 0.208 e. The van der Waals surface area contributed by atoms with Gasteiger partial charge in [-0.2, -0.15) is 0 Å². The van der Waals surface area contributed by atoms with E-state index in [4.69, 9.17) is 0 Å². The van der Waals surface area contributed by atoms with Crippen molar-refractivity contribution >= 4 is 16.0 Å². The summed E-state index contributed by atoms with van der Waals surface area (Å²) in [6.07, 6.45) is 7.35. The number of sulfonamides is 1. The number of hydrogen-bond acceptors (Lipinski definition) is 3. The monoisotopic (exact) mass is 304 g/mol. The molecule has 0 aromatic carbocycles. The number of nitrogens with one attached hydrogen (secondary N) is 3. The molecule has 0 saturated heterocycles. The Hall–Kier alpha value is -0.820. The zero-order valence-corrected chi connectivity index (χ0v) is 13.6. The first kappa shape index (κ1) is 17.2. The lowest BCUT2D eigenvalue weighted by atomic mass is 9.84. The Bertz CT molecular complexity index is 401. The molecule has 0 aromatic heterocycles. The molecular weight excluding hydrogens is 276 g/mol. The van der Waals surface area contributed by atoms with E-state index in [1.54, 1.807) is 7.05 Å². The van der Waals surface area contributed by atoms with Crippen LogP contribution in [0.25, 0.3) is 0 Å². The van der Waals surface area contributed by atoms with Gasteiger partial charge in [-0.25, -0.2) is 13.1 Å². The van der Waals surface area contributed by atoms with Crippen molar-refractivity contribution in [3.8, 4) is 0 Å². The van der Waals surface area contributed by atoms with Crippen molar-refractivity contribution < 1.29 is 8.42 Å². The first-order valence-electron chi connectivity index (χ1n) is 7.36. The molecule has 0 radical (unpaired) electrons. The Morgan fingerprint density at radius 1 is 1.20 bits per heavy atom. The van der Waals surface area contributed by atoms with E-state index in [1.165, 1.54) is 32.1 Å². The first-order valence-corrected chi connectivity index (χ1v) is 9.25. The molecule has 0 aliphatic heterocycles. The molecule has 20 heavy (non-hydrogen) atoms. The van der Waals surface area contributed by atoms with E-state index in [2.05, 4.69) is 27.3 Å². The van der Waals surface area contributed by atoms with E-state index in [0.29, 0.717) is 19.1 Å². The summed E-state index contributed by atoms with van der Waals surface area (Å²) in [6.45, 7) is 3.15. The van der Waals surface area contributed by atoms with E-state index in [9.17, 15) is 8.42 Å². The van der Waals surface area contributed by atoms with Gasteiger partial charge in [0.05, 0.1) is 6.26 Å². The van der Waals surface area contributed by atoms with Gasteiger partial charge in [-0.05, 0) is 31.6 Å². The Kier molecular flexibility index (Phi) is 7.29. The SMILES string of the molecule is CCC1CCC(NC(=NC)NCCNS(C)(=O)=O)CC1. The highest BCUT2D eigenvalue weighted by Crippen LogP contribution is 2.26. The molecule has 6 nitrogen and oxygen atoms in total. The van der Waals surface area contributed by atoms with E-state index in [0.717, 1.165) is 18.1 Å². The van der Waals surface area contributed by atoms with Crippen molar-refractivity contribution in [3.05, 3.63) is 0 Å². The standard InChI is InChI=1S/C13H28N4O2S/c1-4-11-5-7-12(8-6-11)17-13(14-2)15-9-10-16-20(3,18)19/h11-12,16H,4-10H2,1-3H3,(H2,14,15,17). The third-order valence-corrected chi connectivity index (χ3v) is 4.50. The summed E-state index contributed by atoms with van der Waals surface area (Å²) >= 11 is 0. The van der Waals surface area contributed by atoms with Crippen LogP contribution in [-0.2, 0) is 10.0 Å². The highest BCUT2D eigenvalue weighted by molar-refractivity contribution is 7.88. The minimum atomic E-state index is -3.12. The number of guanidine groups is 1. The van der Waals surface area contributed by atoms with Gasteiger partial charge in [0.1, 0.15) is 0 Å². The summed E-state index contributed by atoms with van der Waals surface area (Å²) in [5.41, 5.74) is 0. The molecular formula is C13H28N4O2S. The van der Waals surface area contributed by atoms with Gasteiger partial charge in [0.25, 0.3) is 0 Å². The summed E-state index contributed by atoms with van der Waals surface area (Å²) < 4.78 is 24.3. The largest absolute Gasteiger partial charge is 0.355 e. The molecule has 7 heteroatoms. The van der Waals surface area contributed by atoms with Gasteiger partial charge in [-0.3, -0.25) is 4.99 Å². The van der Waals surface area contributed by atoms with Crippen molar-refractivity contribution in [2.75, 3.05) is 26.4 Å². The lowest BCUT2D eigenvalue weighted by Gasteiger charge is -2.29. The molecule has 0 amide bonds. The molecule has 0 spiro atoms. The van der Waals surface area contributed by atoms with E-state index >= 15 is 0 Å². The summed E-state index contributed by atoms with van der Waals surface area (Å²) in [5, 5.41) is 6.54. The zero-order valence-electron chi connectivity index (χ0n) is 12.8. The Balaban J connectivity index is 2.23. The Labute approximate surface area is 122 Å². The minimum absolute atomic E-state index is 0.363. The number of rotatable bonds is 6. The van der Waals surface area contributed by atoms with Crippen LogP contribution < -0.4 is 15.4 Å². The third kappa shape index (κ3) is 7.09. The van der Waals surface area contributed by atoms with Crippen LogP contribution in [0.3, 0.4) is 0 Å². The molecule has 0 heterocycles. The molecule has 1 saturated carbocycles. The molecule has 1 aliphatic rings. The number of aliphatic imine (C=N–C) groups is 1. The van der Waals surface area contributed by atoms with E-state index < -0.39 is 10.0 Å². The summed E-state index contributed by atoms with van der Waals surface area (Å²) in [4.78, 5) is 4.17. The fourth-order valence-electron chi connectivity index (χ4n) is 2.52. The van der Waals surface area contributed by atoms with Crippen molar-refractivity contribution in [3.63, 3.8) is 0 Å². The van der Waals surface area contributed by atoms with Gasteiger partial charge >= 0.3 is 0 Å². The second kappa shape index (κ2) is 8.46. The molecule has 0 bridgehead atoms. The van der Waals surface area contributed by atoms with Crippen LogP contribution >= 0.6 is 0 Å². The summed E-state index contributed by atoms with van der Waals surface area (Å²) in [6, 6.07) is 0.479. The van der Waals surface area contributed by atoms with Gasteiger partial charge < -0.3 is 10.6 Å². The third-order valence-electron chi connectivity index (χ3n) is 3.77. The lowest BCUT2D eigenvalue weighted by Crippen LogP contribution is -2.46. The highest BCUT2D eigenvalue weighted by atomic mass is 32.2. The second-order valence-electron chi connectivity index (χ2n) is 5.44. The van der Waals surface area contributed by atoms with Gasteiger partial charge in [0.2, 0.25) is 10.0 Å². The topological polar surface area (TPSA) is 82.6 Å². The van der Waals surface area contributed by atoms with Crippen LogP contribution in [-0.4, -0.2) is 46.8 Å². The average molecular weight is 304 g/mol. The highest BCUT2D eigenvalue weighted by Gasteiger charge is 2.20. The van der Waals surface area contributed by atoms with Crippen LogP contribution in [0.15, 0.2) is 4.99 Å². The summed E-state index contributed by atoms with van der Waals surface area (Å²) in [5.74, 6) is 1.63. The molecule has 1 fully saturated rings. The molecule has 3 N–H and O–H groups in total. The Morgan fingerprint density at radius 2 is 1.85 bits per heavy atom. The Morgan fingerprint density at radius 3 is 2.35 bits per heavy atom.